The Morgan fingerprint density at radius 1 is 1.39 bits per heavy atom. The first kappa shape index (κ1) is 12.0. The molecule has 0 spiro atoms. The van der Waals surface area contributed by atoms with E-state index in [2.05, 4.69) is 15.1 Å². The van der Waals surface area contributed by atoms with Gasteiger partial charge in [-0.15, -0.1) is 0 Å². The number of carbonyl (C=O) groups is 1. The number of nitrogens with two attached hydrogens (primary N) is 2. The molecule has 94 valence electrons. The number of hydrogen-bond donors (Lipinski definition) is 2. The van der Waals surface area contributed by atoms with Gasteiger partial charge in [-0.25, -0.2) is 14.6 Å². The van der Waals surface area contributed by atoms with Crippen molar-refractivity contribution in [1.82, 2.24) is 19.7 Å². The van der Waals surface area contributed by atoms with Crippen molar-refractivity contribution in [2.75, 3.05) is 5.73 Å². The fourth-order valence-electron chi connectivity index (χ4n) is 1.70. The van der Waals surface area contributed by atoms with E-state index in [1.165, 1.54) is 23.4 Å². The SMILES string of the molecule is CC(C)c1c(N)ncnc1-n1cc(C(N)=O)cn1. The molecule has 0 aliphatic heterocycles. The molecule has 0 unspecified atom stereocenters. The Morgan fingerprint density at radius 3 is 2.67 bits per heavy atom. The average molecular weight is 246 g/mol. The molecule has 1 amide bonds. The summed E-state index contributed by atoms with van der Waals surface area (Å²) in [5.74, 6) is 0.577. The summed E-state index contributed by atoms with van der Waals surface area (Å²) >= 11 is 0. The summed E-state index contributed by atoms with van der Waals surface area (Å²) in [5.41, 5.74) is 12.1. The lowest BCUT2D eigenvalue weighted by molar-refractivity contribution is 0.100. The molecular weight excluding hydrogens is 232 g/mol. The van der Waals surface area contributed by atoms with E-state index in [-0.39, 0.29) is 5.92 Å². The van der Waals surface area contributed by atoms with Gasteiger partial charge in [-0.3, -0.25) is 4.79 Å². The molecule has 0 saturated carbocycles. The first-order valence-corrected chi connectivity index (χ1v) is 5.46. The van der Waals surface area contributed by atoms with Crippen molar-refractivity contribution >= 4 is 11.7 Å². The number of nitrogens with zero attached hydrogens (tertiary/aromatic N) is 4. The third-order valence-electron chi connectivity index (χ3n) is 2.56. The fraction of sp³-hybridized carbons (Fsp3) is 0.273. The van der Waals surface area contributed by atoms with Gasteiger partial charge in [0.2, 0.25) is 0 Å². The second-order valence-corrected chi connectivity index (χ2v) is 4.19. The third-order valence-corrected chi connectivity index (χ3v) is 2.56. The van der Waals surface area contributed by atoms with Crippen LogP contribution in [-0.2, 0) is 0 Å². The standard InChI is InChI=1S/C11H14N6O/c1-6(2)8-9(12)14-5-15-11(8)17-4-7(3-16-17)10(13)18/h3-6H,1-2H3,(H2,13,18)(H2,12,14,15). The van der Waals surface area contributed by atoms with Crippen molar-refractivity contribution in [2.45, 2.75) is 19.8 Å². The highest BCUT2D eigenvalue weighted by atomic mass is 16.1. The zero-order valence-electron chi connectivity index (χ0n) is 10.2. The lowest BCUT2D eigenvalue weighted by atomic mass is 10.1. The number of primary amides is 1. The number of rotatable bonds is 3. The second-order valence-electron chi connectivity index (χ2n) is 4.19. The van der Waals surface area contributed by atoms with Crippen molar-refractivity contribution < 1.29 is 4.79 Å². The molecule has 0 saturated heterocycles. The number of nitrogen functional groups attached to an aromatic ring is 1. The van der Waals surface area contributed by atoms with Crippen LogP contribution in [0.15, 0.2) is 18.7 Å². The van der Waals surface area contributed by atoms with E-state index in [9.17, 15) is 4.79 Å². The molecule has 18 heavy (non-hydrogen) atoms. The lowest BCUT2D eigenvalue weighted by Crippen LogP contribution is -2.11. The number of aromatic nitrogens is 4. The van der Waals surface area contributed by atoms with Crippen molar-refractivity contribution in [2.24, 2.45) is 5.73 Å². The van der Waals surface area contributed by atoms with Crippen molar-refractivity contribution in [3.63, 3.8) is 0 Å². The summed E-state index contributed by atoms with van der Waals surface area (Å²) in [6.45, 7) is 3.97. The Kier molecular flexibility index (Phi) is 2.97. The second kappa shape index (κ2) is 4.44. The monoisotopic (exact) mass is 246 g/mol. The maximum Gasteiger partial charge on any atom is 0.251 e. The first-order chi connectivity index (χ1) is 8.50. The largest absolute Gasteiger partial charge is 0.383 e. The van der Waals surface area contributed by atoms with Crippen molar-refractivity contribution in [3.8, 4) is 5.82 Å². The van der Waals surface area contributed by atoms with Crippen LogP contribution < -0.4 is 11.5 Å². The molecule has 2 aromatic rings. The van der Waals surface area contributed by atoms with Gasteiger partial charge >= 0.3 is 0 Å². The Balaban J connectivity index is 2.56. The topological polar surface area (TPSA) is 113 Å². The summed E-state index contributed by atoms with van der Waals surface area (Å²) in [6, 6.07) is 0. The number of hydrogen-bond acceptors (Lipinski definition) is 5. The summed E-state index contributed by atoms with van der Waals surface area (Å²) in [6.07, 6.45) is 4.28. The van der Waals surface area contributed by atoms with Crippen LogP contribution in [-0.4, -0.2) is 25.7 Å². The molecule has 0 fully saturated rings. The van der Waals surface area contributed by atoms with Crippen LogP contribution in [0.2, 0.25) is 0 Å². The van der Waals surface area contributed by atoms with Crippen LogP contribution in [0.5, 0.6) is 0 Å². The molecule has 2 rings (SSSR count). The van der Waals surface area contributed by atoms with Crippen molar-refractivity contribution in [3.05, 3.63) is 29.8 Å². The highest BCUT2D eigenvalue weighted by Crippen LogP contribution is 2.24. The zero-order chi connectivity index (χ0) is 13.3. The van der Waals surface area contributed by atoms with E-state index in [1.54, 1.807) is 0 Å². The minimum atomic E-state index is -0.533. The van der Waals surface area contributed by atoms with E-state index in [4.69, 9.17) is 11.5 Å². The molecule has 7 heteroatoms. The Hall–Kier alpha value is -2.44. The van der Waals surface area contributed by atoms with E-state index in [1.807, 2.05) is 13.8 Å². The summed E-state index contributed by atoms with van der Waals surface area (Å²) < 4.78 is 1.48. The number of anilines is 1. The highest BCUT2D eigenvalue weighted by Gasteiger charge is 2.16. The van der Waals surface area contributed by atoms with E-state index >= 15 is 0 Å². The van der Waals surface area contributed by atoms with Gasteiger partial charge in [0.1, 0.15) is 12.1 Å². The van der Waals surface area contributed by atoms with Gasteiger partial charge in [0, 0.05) is 11.8 Å². The van der Waals surface area contributed by atoms with Gasteiger partial charge in [0.15, 0.2) is 5.82 Å². The Labute approximate surface area is 104 Å². The molecular formula is C11H14N6O. The van der Waals surface area contributed by atoms with Gasteiger partial charge in [0.25, 0.3) is 5.91 Å². The molecule has 0 aliphatic carbocycles. The summed E-state index contributed by atoms with van der Waals surface area (Å²) in [5, 5.41) is 4.06. The van der Waals surface area contributed by atoms with E-state index < -0.39 is 5.91 Å². The Morgan fingerprint density at radius 2 is 2.11 bits per heavy atom. The maximum atomic E-state index is 11.0. The molecule has 7 nitrogen and oxygen atoms in total. The molecule has 0 atom stereocenters. The van der Waals surface area contributed by atoms with Gasteiger partial charge in [-0.2, -0.15) is 5.10 Å². The minimum absolute atomic E-state index is 0.141. The van der Waals surface area contributed by atoms with Crippen LogP contribution >= 0.6 is 0 Å². The normalized spacial score (nSPS) is 10.8. The first-order valence-electron chi connectivity index (χ1n) is 5.46. The molecule has 0 radical (unpaired) electrons. The molecule has 0 aliphatic rings. The van der Waals surface area contributed by atoms with Gasteiger partial charge in [-0.05, 0) is 5.92 Å². The van der Waals surface area contributed by atoms with Gasteiger partial charge in [-0.1, -0.05) is 13.8 Å². The van der Waals surface area contributed by atoms with Crippen LogP contribution in [0, 0.1) is 0 Å². The van der Waals surface area contributed by atoms with Crippen LogP contribution in [0.3, 0.4) is 0 Å². The molecule has 2 aromatic heterocycles. The van der Waals surface area contributed by atoms with Crippen LogP contribution in [0.1, 0.15) is 35.7 Å². The maximum absolute atomic E-state index is 11.0. The number of carbonyl (C=O) groups excluding carboxylic acids is 1. The average Bonchev–Trinajstić information content (AvgIpc) is 2.77. The summed E-state index contributed by atoms with van der Waals surface area (Å²) in [7, 11) is 0. The van der Waals surface area contributed by atoms with Crippen molar-refractivity contribution in [1.29, 1.82) is 0 Å². The predicted molar refractivity (Wildman–Crippen MR) is 66.2 cm³/mol. The predicted octanol–water partition coefficient (Wildman–Crippen LogP) is 0.467. The molecule has 2 heterocycles. The molecule has 4 N–H and O–H groups in total. The summed E-state index contributed by atoms with van der Waals surface area (Å²) in [4.78, 5) is 19.2. The number of amides is 1. The zero-order valence-corrected chi connectivity index (χ0v) is 10.2. The lowest BCUT2D eigenvalue weighted by Gasteiger charge is -2.12. The molecule has 0 aromatic carbocycles. The van der Waals surface area contributed by atoms with E-state index in [0.717, 1.165) is 5.56 Å². The quantitative estimate of drug-likeness (QED) is 0.817. The minimum Gasteiger partial charge on any atom is -0.383 e. The van der Waals surface area contributed by atoms with Crippen LogP contribution in [0.25, 0.3) is 5.82 Å². The van der Waals surface area contributed by atoms with E-state index in [0.29, 0.717) is 17.2 Å². The molecule has 0 bridgehead atoms. The van der Waals surface area contributed by atoms with Gasteiger partial charge in [0.05, 0.1) is 11.8 Å². The third kappa shape index (κ3) is 2.02. The van der Waals surface area contributed by atoms with Crippen LogP contribution in [0.4, 0.5) is 5.82 Å². The van der Waals surface area contributed by atoms with Gasteiger partial charge < -0.3 is 11.5 Å². The highest BCUT2D eigenvalue weighted by molar-refractivity contribution is 5.92. The fourth-order valence-corrected chi connectivity index (χ4v) is 1.70. The Bertz CT molecular complexity index is 589. The smallest absolute Gasteiger partial charge is 0.251 e.